The van der Waals surface area contributed by atoms with Gasteiger partial charge in [0.05, 0.1) is 6.20 Å². The van der Waals surface area contributed by atoms with Crippen molar-refractivity contribution in [2.45, 2.75) is 38.8 Å². The first kappa shape index (κ1) is 9.71. The molecule has 0 bridgehead atoms. The minimum atomic E-state index is 0.718. The van der Waals surface area contributed by atoms with Crippen LogP contribution in [0.4, 0.5) is 0 Å². The third-order valence-corrected chi connectivity index (χ3v) is 2.96. The van der Waals surface area contributed by atoms with Crippen LogP contribution in [0.1, 0.15) is 31.7 Å². The standard InChI is InChI=1S/C11H19N3/c1-3-11(10-4-5-10)12-6-9-7-13-14(2)8-9/h7-8,10-12H,3-6H2,1-2H3. The average Bonchev–Trinajstić information content (AvgIpc) is 2.92. The Kier molecular flexibility index (Phi) is 2.87. The molecule has 1 atom stereocenters. The highest BCUT2D eigenvalue weighted by Gasteiger charge is 2.29. The molecule has 1 heterocycles. The van der Waals surface area contributed by atoms with Crippen molar-refractivity contribution in [2.75, 3.05) is 0 Å². The number of aromatic nitrogens is 2. The predicted octanol–water partition coefficient (Wildman–Crippen LogP) is 1.70. The van der Waals surface area contributed by atoms with Crippen LogP contribution < -0.4 is 5.32 Å². The van der Waals surface area contributed by atoms with E-state index >= 15 is 0 Å². The molecule has 1 aromatic rings. The van der Waals surface area contributed by atoms with E-state index in [4.69, 9.17) is 0 Å². The van der Waals surface area contributed by atoms with Crippen LogP contribution in [0.5, 0.6) is 0 Å². The van der Waals surface area contributed by atoms with Gasteiger partial charge in [0.1, 0.15) is 0 Å². The number of nitrogens with one attached hydrogen (secondary N) is 1. The summed E-state index contributed by atoms with van der Waals surface area (Å²) in [5.41, 5.74) is 1.28. The maximum Gasteiger partial charge on any atom is 0.0534 e. The Hall–Kier alpha value is -0.830. The third-order valence-electron chi connectivity index (χ3n) is 2.96. The van der Waals surface area contributed by atoms with Crippen molar-refractivity contribution in [2.24, 2.45) is 13.0 Å². The molecule has 1 aliphatic carbocycles. The molecule has 0 amide bonds. The van der Waals surface area contributed by atoms with E-state index < -0.39 is 0 Å². The molecule has 78 valence electrons. The third kappa shape index (κ3) is 2.35. The number of hydrogen-bond donors (Lipinski definition) is 1. The van der Waals surface area contributed by atoms with E-state index in [-0.39, 0.29) is 0 Å². The van der Waals surface area contributed by atoms with Crippen molar-refractivity contribution in [1.29, 1.82) is 0 Å². The molecular formula is C11H19N3. The van der Waals surface area contributed by atoms with Crippen molar-refractivity contribution in [3.63, 3.8) is 0 Å². The summed E-state index contributed by atoms with van der Waals surface area (Å²) in [5, 5.41) is 7.77. The fraction of sp³-hybridized carbons (Fsp3) is 0.727. The van der Waals surface area contributed by atoms with Crippen LogP contribution in [-0.4, -0.2) is 15.8 Å². The Morgan fingerprint density at radius 1 is 1.64 bits per heavy atom. The van der Waals surface area contributed by atoms with Gasteiger partial charge in [-0.15, -0.1) is 0 Å². The van der Waals surface area contributed by atoms with Crippen LogP contribution in [0.15, 0.2) is 12.4 Å². The van der Waals surface area contributed by atoms with E-state index in [1.165, 1.54) is 24.8 Å². The Morgan fingerprint density at radius 3 is 2.93 bits per heavy atom. The van der Waals surface area contributed by atoms with E-state index in [0.717, 1.165) is 18.5 Å². The highest BCUT2D eigenvalue weighted by molar-refractivity contribution is 5.03. The van der Waals surface area contributed by atoms with Gasteiger partial charge in [0.25, 0.3) is 0 Å². The Morgan fingerprint density at radius 2 is 2.43 bits per heavy atom. The molecule has 1 aliphatic rings. The van der Waals surface area contributed by atoms with Gasteiger partial charge in [-0.2, -0.15) is 5.10 Å². The lowest BCUT2D eigenvalue weighted by Crippen LogP contribution is -2.29. The zero-order valence-corrected chi connectivity index (χ0v) is 9.03. The van der Waals surface area contributed by atoms with Gasteiger partial charge in [0.15, 0.2) is 0 Å². The maximum absolute atomic E-state index is 4.16. The summed E-state index contributed by atoms with van der Waals surface area (Å²) in [6.45, 7) is 3.22. The fourth-order valence-electron chi connectivity index (χ4n) is 1.96. The second-order valence-electron chi connectivity index (χ2n) is 4.26. The SMILES string of the molecule is CCC(NCc1cnn(C)c1)C1CC1. The quantitative estimate of drug-likeness (QED) is 0.771. The first-order valence-corrected chi connectivity index (χ1v) is 5.50. The van der Waals surface area contributed by atoms with Gasteiger partial charge in [0, 0.05) is 31.4 Å². The van der Waals surface area contributed by atoms with Crippen LogP contribution in [-0.2, 0) is 13.6 Å². The van der Waals surface area contributed by atoms with E-state index in [1.54, 1.807) is 0 Å². The Bertz CT molecular complexity index is 288. The van der Waals surface area contributed by atoms with Gasteiger partial charge in [-0.25, -0.2) is 0 Å². The molecule has 3 heteroatoms. The van der Waals surface area contributed by atoms with Gasteiger partial charge in [-0.3, -0.25) is 4.68 Å². The molecule has 0 spiro atoms. The molecule has 14 heavy (non-hydrogen) atoms. The fourth-order valence-corrected chi connectivity index (χ4v) is 1.96. The highest BCUT2D eigenvalue weighted by atomic mass is 15.2. The van der Waals surface area contributed by atoms with Crippen molar-refractivity contribution in [3.05, 3.63) is 18.0 Å². The minimum Gasteiger partial charge on any atom is -0.310 e. The predicted molar refractivity (Wildman–Crippen MR) is 56.9 cm³/mol. The summed E-state index contributed by atoms with van der Waals surface area (Å²) < 4.78 is 1.86. The van der Waals surface area contributed by atoms with Crippen molar-refractivity contribution >= 4 is 0 Å². The first-order chi connectivity index (χ1) is 6.79. The average molecular weight is 193 g/mol. The summed E-state index contributed by atoms with van der Waals surface area (Å²) in [7, 11) is 1.96. The summed E-state index contributed by atoms with van der Waals surface area (Å²) in [6, 6.07) is 0.718. The van der Waals surface area contributed by atoms with Gasteiger partial charge in [-0.05, 0) is 25.2 Å². The summed E-state index contributed by atoms with van der Waals surface area (Å²) >= 11 is 0. The molecule has 1 fully saturated rings. The molecule has 1 N–H and O–H groups in total. The molecule has 0 aliphatic heterocycles. The Balaban J connectivity index is 1.80. The van der Waals surface area contributed by atoms with Crippen molar-refractivity contribution in [3.8, 4) is 0 Å². The summed E-state index contributed by atoms with van der Waals surface area (Å²) in [5.74, 6) is 0.941. The van der Waals surface area contributed by atoms with E-state index in [0.29, 0.717) is 0 Å². The van der Waals surface area contributed by atoms with Crippen LogP contribution in [0, 0.1) is 5.92 Å². The lowest BCUT2D eigenvalue weighted by molar-refractivity contribution is 0.449. The zero-order chi connectivity index (χ0) is 9.97. The molecule has 0 aromatic carbocycles. The van der Waals surface area contributed by atoms with E-state index in [2.05, 4.69) is 23.5 Å². The summed E-state index contributed by atoms with van der Waals surface area (Å²) in [6.07, 6.45) is 8.08. The van der Waals surface area contributed by atoms with Crippen LogP contribution in [0.3, 0.4) is 0 Å². The smallest absolute Gasteiger partial charge is 0.0534 e. The number of hydrogen-bond acceptors (Lipinski definition) is 2. The topological polar surface area (TPSA) is 29.9 Å². The molecule has 1 unspecified atom stereocenters. The largest absolute Gasteiger partial charge is 0.310 e. The zero-order valence-electron chi connectivity index (χ0n) is 9.03. The lowest BCUT2D eigenvalue weighted by Gasteiger charge is -2.14. The van der Waals surface area contributed by atoms with Gasteiger partial charge < -0.3 is 5.32 Å². The number of aryl methyl sites for hydroxylation is 1. The second kappa shape index (κ2) is 4.13. The second-order valence-corrected chi connectivity index (χ2v) is 4.26. The minimum absolute atomic E-state index is 0.718. The maximum atomic E-state index is 4.16. The van der Waals surface area contributed by atoms with Crippen molar-refractivity contribution in [1.82, 2.24) is 15.1 Å². The monoisotopic (exact) mass is 193 g/mol. The summed E-state index contributed by atoms with van der Waals surface area (Å²) in [4.78, 5) is 0. The number of rotatable bonds is 5. The van der Waals surface area contributed by atoms with E-state index in [9.17, 15) is 0 Å². The van der Waals surface area contributed by atoms with Gasteiger partial charge in [0.2, 0.25) is 0 Å². The molecule has 1 saturated carbocycles. The van der Waals surface area contributed by atoms with Crippen LogP contribution in [0.25, 0.3) is 0 Å². The first-order valence-electron chi connectivity index (χ1n) is 5.50. The molecular weight excluding hydrogens is 174 g/mol. The van der Waals surface area contributed by atoms with Crippen LogP contribution >= 0.6 is 0 Å². The van der Waals surface area contributed by atoms with Gasteiger partial charge in [-0.1, -0.05) is 6.92 Å². The lowest BCUT2D eigenvalue weighted by atomic mass is 10.1. The molecule has 2 rings (SSSR count). The molecule has 3 nitrogen and oxygen atoms in total. The normalized spacial score (nSPS) is 18.4. The van der Waals surface area contributed by atoms with E-state index in [1.807, 2.05) is 17.9 Å². The number of nitrogens with zero attached hydrogens (tertiary/aromatic N) is 2. The molecule has 0 saturated heterocycles. The van der Waals surface area contributed by atoms with Crippen molar-refractivity contribution < 1.29 is 0 Å². The Labute approximate surface area is 85.5 Å². The molecule has 0 radical (unpaired) electrons. The highest BCUT2D eigenvalue weighted by Crippen LogP contribution is 2.33. The van der Waals surface area contributed by atoms with Gasteiger partial charge >= 0.3 is 0 Å². The molecule has 1 aromatic heterocycles. The van der Waals surface area contributed by atoms with Crippen LogP contribution in [0.2, 0.25) is 0 Å².